The first-order valence-corrected chi connectivity index (χ1v) is 9.16. The Morgan fingerprint density at radius 3 is 2.74 bits per heavy atom. The number of aryl methyl sites for hydroxylation is 2. The number of hydrogen-bond donors (Lipinski definition) is 2. The van der Waals surface area contributed by atoms with Gasteiger partial charge in [-0.05, 0) is 38.4 Å². The zero-order valence-electron chi connectivity index (χ0n) is 16.0. The number of carbonyl (C=O) groups is 2. The Labute approximate surface area is 159 Å². The van der Waals surface area contributed by atoms with Crippen LogP contribution in [0.1, 0.15) is 30.0 Å². The summed E-state index contributed by atoms with van der Waals surface area (Å²) in [5.74, 6) is 0.178. The molecular formula is C19H26N6O2. The third-order valence-electron chi connectivity index (χ3n) is 4.86. The van der Waals surface area contributed by atoms with Crippen molar-refractivity contribution in [2.75, 3.05) is 25.5 Å². The first-order valence-electron chi connectivity index (χ1n) is 9.16. The molecule has 2 aromatic rings. The molecule has 0 aliphatic carbocycles. The fraction of sp³-hybridized carbons (Fsp3) is 0.474. The van der Waals surface area contributed by atoms with E-state index in [0.29, 0.717) is 18.9 Å². The molecule has 8 nitrogen and oxygen atoms in total. The number of carbonyl (C=O) groups excluding carboxylic acids is 2. The Morgan fingerprint density at radius 1 is 1.30 bits per heavy atom. The Balaban J connectivity index is 1.64. The van der Waals surface area contributed by atoms with E-state index in [1.807, 2.05) is 26.2 Å². The van der Waals surface area contributed by atoms with E-state index < -0.39 is 6.04 Å². The number of hydrogen-bond acceptors (Lipinski definition) is 5. The molecule has 1 aliphatic heterocycles. The lowest BCUT2D eigenvalue weighted by molar-refractivity contribution is -0.136. The predicted molar refractivity (Wildman–Crippen MR) is 102 cm³/mol. The van der Waals surface area contributed by atoms with Gasteiger partial charge in [0.1, 0.15) is 11.9 Å². The molecule has 1 saturated heterocycles. The molecule has 0 saturated carbocycles. The number of piperidine rings is 1. The number of rotatable bonds is 5. The molecule has 0 radical (unpaired) electrons. The van der Waals surface area contributed by atoms with Crippen LogP contribution in [0.5, 0.6) is 0 Å². The van der Waals surface area contributed by atoms with Crippen LogP contribution in [0.3, 0.4) is 0 Å². The normalized spacial score (nSPS) is 18.2. The number of nitrogens with zero attached hydrogens (tertiary/aromatic N) is 4. The molecule has 3 heterocycles. The van der Waals surface area contributed by atoms with E-state index in [2.05, 4.69) is 20.7 Å². The van der Waals surface area contributed by atoms with Crippen LogP contribution in [-0.2, 0) is 16.6 Å². The average molecular weight is 370 g/mol. The third kappa shape index (κ3) is 4.51. The number of likely N-dealkylation sites (tertiary alicyclic amines) is 1. The van der Waals surface area contributed by atoms with E-state index in [4.69, 9.17) is 0 Å². The molecule has 27 heavy (non-hydrogen) atoms. The summed E-state index contributed by atoms with van der Waals surface area (Å²) in [6.45, 7) is 3.02. The van der Waals surface area contributed by atoms with E-state index in [-0.39, 0.29) is 17.7 Å². The van der Waals surface area contributed by atoms with Crippen molar-refractivity contribution in [3.63, 3.8) is 0 Å². The summed E-state index contributed by atoms with van der Waals surface area (Å²) < 4.78 is 1.67. The summed E-state index contributed by atoms with van der Waals surface area (Å²) in [4.78, 5) is 31.6. The summed E-state index contributed by atoms with van der Waals surface area (Å²) >= 11 is 0. The topological polar surface area (TPSA) is 92.2 Å². The fourth-order valence-electron chi connectivity index (χ4n) is 3.37. The molecule has 2 unspecified atom stereocenters. The van der Waals surface area contributed by atoms with Crippen molar-refractivity contribution in [1.82, 2.24) is 25.0 Å². The molecule has 0 bridgehead atoms. The first-order chi connectivity index (χ1) is 13.0. The molecule has 2 amide bonds. The van der Waals surface area contributed by atoms with Gasteiger partial charge in [-0.15, -0.1) is 0 Å². The van der Waals surface area contributed by atoms with Gasteiger partial charge in [-0.1, -0.05) is 6.07 Å². The molecule has 1 aliphatic rings. The lowest BCUT2D eigenvalue weighted by Crippen LogP contribution is -2.47. The van der Waals surface area contributed by atoms with Crippen molar-refractivity contribution in [1.29, 1.82) is 0 Å². The van der Waals surface area contributed by atoms with Crippen LogP contribution in [0.4, 0.5) is 5.82 Å². The Kier molecular flexibility index (Phi) is 5.85. The van der Waals surface area contributed by atoms with Gasteiger partial charge in [-0.2, -0.15) is 5.10 Å². The highest BCUT2D eigenvalue weighted by atomic mass is 16.2. The summed E-state index contributed by atoms with van der Waals surface area (Å²) in [5.41, 5.74) is 1.86. The Bertz CT molecular complexity index is 801. The van der Waals surface area contributed by atoms with E-state index in [1.165, 1.54) is 0 Å². The molecule has 2 N–H and O–H groups in total. The Morgan fingerprint density at radius 2 is 2.11 bits per heavy atom. The number of amides is 2. The van der Waals surface area contributed by atoms with Gasteiger partial charge in [-0.3, -0.25) is 14.3 Å². The predicted octanol–water partition coefficient (Wildman–Crippen LogP) is 1.26. The minimum Gasteiger partial charge on any atom is -0.340 e. The van der Waals surface area contributed by atoms with Crippen molar-refractivity contribution < 1.29 is 9.59 Å². The maximum atomic E-state index is 13.0. The first kappa shape index (κ1) is 19.0. The van der Waals surface area contributed by atoms with Gasteiger partial charge < -0.3 is 15.5 Å². The Hall–Kier alpha value is -2.74. The van der Waals surface area contributed by atoms with Crippen LogP contribution in [0.25, 0.3) is 0 Å². The van der Waals surface area contributed by atoms with Crippen molar-refractivity contribution in [2.45, 2.75) is 25.8 Å². The van der Waals surface area contributed by atoms with Gasteiger partial charge in [0.2, 0.25) is 11.8 Å². The molecule has 144 valence electrons. The van der Waals surface area contributed by atoms with Gasteiger partial charge in [0, 0.05) is 38.1 Å². The maximum Gasteiger partial charge on any atom is 0.244 e. The zero-order chi connectivity index (χ0) is 19.4. The van der Waals surface area contributed by atoms with Crippen LogP contribution in [-0.4, -0.2) is 51.6 Å². The van der Waals surface area contributed by atoms with Gasteiger partial charge >= 0.3 is 0 Å². The number of likely N-dealkylation sites (N-methyl/N-ethyl adjacent to an activating group) is 1. The second kappa shape index (κ2) is 8.30. The van der Waals surface area contributed by atoms with Crippen molar-refractivity contribution in [2.24, 2.45) is 13.0 Å². The van der Waals surface area contributed by atoms with E-state index in [0.717, 1.165) is 24.0 Å². The summed E-state index contributed by atoms with van der Waals surface area (Å²) in [6, 6.07) is 3.24. The number of anilines is 1. The summed E-state index contributed by atoms with van der Waals surface area (Å²) in [5, 5.41) is 10.1. The van der Waals surface area contributed by atoms with Crippen molar-refractivity contribution in [3.05, 3.63) is 41.9 Å². The zero-order valence-corrected chi connectivity index (χ0v) is 16.0. The van der Waals surface area contributed by atoms with E-state index in [1.54, 1.807) is 35.1 Å². The van der Waals surface area contributed by atoms with Crippen LogP contribution in [0, 0.1) is 12.8 Å². The molecule has 0 spiro atoms. The van der Waals surface area contributed by atoms with Crippen molar-refractivity contribution >= 4 is 17.6 Å². The fourth-order valence-corrected chi connectivity index (χ4v) is 3.37. The molecule has 2 aromatic heterocycles. The number of pyridine rings is 1. The molecule has 8 heteroatoms. The highest BCUT2D eigenvalue weighted by molar-refractivity contribution is 5.92. The van der Waals surface area contributed by atoms with Crippen LogP contribution >= 0.6 is 0 Å². The monoisotopic (exact) mass is 370 g/mol. The third-order valence-corrected chi connectivity index (χ3v) is 4.86. The van der Waals surface area contributed by atoms with E-state index >= 15 is 0 Å². The van der Waals surface area contributed by atoms with Gasteiger partial charge in [0.05, 0.1) is 12.1 Å². The number of nitrogens with one attached hydrogen (secondary N) is 2. The maximum absolute atomic E-state index is 13.0. The summed E-state index contributed by atoms with van der Waals surface area (Å²) in [7, 11) is 3.58. The standard InChI is InChI=1S/C19H26N6O2/c1-13-6-7-16(21-9-13)23-18(26)14-5-4-8-25(12-14)19(27)17(20-2)15-10-22-24(3)11-15/h6-7,9-11,14,17,20H,4-5,8,12H2,1-3H3,(H,21,23,26). The molecule has 0 aromatic carbocycles. The van der Waals surface area contributed by atoms with Crippen LogP contribution in [0.15, 0.2) is 30.7 Å². The largest absolute Gasteiger partial charge is 0.340 e. The summed E-state index contributed by atoms with van der Waals surface area (Å²) in [6.07, 6.45) is 6.80. The smallest absolute Gasteiger partial charge is 0.244 e. The minimum atomic E-state index is -0.459. The molecule has 1 fully saturated rings. The van der Waals surface area contributed by atoms with Gasteiger partial charge in [0.25, 0.3) is 0 Å². The second-order valence-electron chi connectivity index (χ2n) is 7.00. The average Bonchev–Trinajstić information content (AvgIpc) is 3.10. The lowest BCUT2D eigenvalue weighted by Gasteiger charge is -2.34. The minimum absolute atomic E-state index is 0.0311. The quantitative estimate of drug-likeness (QED) is 0.827. The molecular weight excluding hydrogens is 344 g/mol. The van der Waals surface area contributed by atoms with Crippen LogP contribution in [0.2, 0.25) is 0 Å². The number of aromatic nitrogens is 3. The van der Waals surface area contributed by atoms with Gasteiger partial charge in [-0.25, -0.2) is 4.98 Å². The molecule has 3 rings (SSSR count). The van der Waals surface area contributed by atoms with Crippen LogP contribution < -0.4 is 10.6 Å². The van der Waals surface area contributed by atoms with Gasteiger partial charge in [0.15, 0.2) is 0 Å². The SMILES string of the molecule is CNC(C(=O)N1CCCC(C(=O)Nc2ccc(C)cn2)C1)c1cnn(C)c1. The highest BCUT2D eigenvalue weighted by Crippen LogP contribution is 2.22. The molecule has 2 atom stereocenters. The second-order valence-corrected chi connectivity index (χ2v) is 7.00. The van der Waals surface area contributed by atoms with E-state index in [9.17, 15) is 9.59 Å². The van der Waals surface area contributed by atoms with Crippen molar-refractivity contribution in [3.8, 4) is 0 Å². The highest BCUT2D eigenvalue weighted by Gasteiger charge is 2.32. The lowest BCUT2D eigenvalue weighted by atomic mass is 9.96.